The molecule has 0 radical (unpaired) electrons. The normalized spacial score (nSPS) is 17.0. The molecule has 1 saturated heterocycles. The Balaban J connectivity index is 1.85. The van der Waals surface area contributed by atoms with Crippen LogP contribution < -0.4 is 5.73 Å². The number of nitrogens with one attached hydrogen (secondary N) is 1. The Morgan fingerprint density at radius 2 is 1.95 bits per heavy atom. The molecule has 1 amide bonds. The van der Waals surface area contributed by atoms with Crippen molar-refractivity contribution in [1.29, 1.82) is 0 Å². The molecule has 1 aromatic heterocycles. The van der Waals surface area contributed by atoms with Crippen LogP contribution in [0.1, 0.15) is 10.5 Å². The van der Waals surface area contributed by atoms with Gasteiger partial charge in [0.1, 0.15) is 5.69 Å². The van der Waals surface area contributed by atoms with Crippen LogP contribution in [0.5, 0.6) is 0 Å². The molecule has 2 heterocycles. The van der Waals surface area contributed by atoms with E-state index in [1.807, 2.05) is 29.2 Å². The lowest BCUT2D eigenvalue weighted by Gasteiger charge is -2.32. The zero-order valence-corrected chi connectivity index (χ0v) is 11.0. The van der Waals surface area contributed by atoms with Crippen LogP contribution in [-0.2, 0) is 0 Å². The summed E-state index contributed by atoms with van der Waals surface area (Å²) in [5.74, 6) is 0.0721. The second-order valence-electron chi connectivity index (χ2n) is 5.13. The smallest absolute Gasteiger partial charge is 0.270 e. The van der Waals surface area contributed by atoms with Gasteiger partial charge in [-0.25, -0.2) is 0 Å². The summed E-state index contributed by atoms with van der Waals surface area (Å²) in [7, 11) is 2.08. The maximum atomic E-state index is 12.4. The summed E-state index contributed by atoms with van der Waals surface area (Å²) < 4.78 is 0. The number of anilines is 1. The number of hydrogen-bond acceptors (Lipinski definition) is 3. The lowest BCUT2D eigenvalue weighted by molar-refractivity contribution is 0.0659. The summed E-state index contributed by atoms with van der Waals surface area (Å²) in [6, 6.07) is 7.54. The minimum absolute atomic E-state index is 0.0721. The average molecular weight is 258 g/mol. The summed E-state index contributed by atoms with van der Waals surface area (Å²) in [5, 5.41) is 1.02. The predicted molar refractivity (Wildman–Crippen MR) is 76.1 cm³/mol. The standard InChI is InChI=1S/C14H18N4O/c1-17-4-6-18(7-5-17)14(19)13-8-10-2-3-11(15)9-12(10)16-13/h2-3,8-9,16H,4-7,15H2,1H3. The van der Waals surface area contributed by atoms with Crippen LogP contribution in [0.3, 0.4) is 0 Å². The predicted octanol–water partition coefficient (Wildman–Crippen LogP) is 1.14. The van der Waals surface area contributed by atoms with E-state index in [9.17, 15) is 4.79 Å². The fourth-order valence-corrected chi connectivity index (χ4v) is 2.44. The molecular weight excluding hydrogens is 240 g/mol. The molecule has 0 bridgehead atoms. The highest BCUT2D eigenvalue weighted by atomic mass is 16.2. The fourth-order valence-electron chi connectivity index (χ4n) is 2.44. The van der Waals surface area contributed by atoms with Crippen LogP contribution in [0.4, 0.5) is 5.69 Å². The maximum Gasteiger partial charge on any atom is 0.270 e. The van der Waals surface area contributed by atoms with Gasteiger partial charge in [-0.1, -0.05) is 6.07 Å². The van der Waals surface area contributed by atoms with Gasteiger partial charge in [-0.3, -0.25) is 4.79 Å². The van der Waals surface area contributed by atoms with E-state index in [-0.39, 0.29) is 5.91 Å². The van der Waals surface area contributed by atoms with Crippen LogP contribution >= 0.6 is 0 Å². The molecule has 19 heavy (non-hydrogen) atoms. The van der Waals surface area contributed by atoms with Crippen LogP contribution in [0.2, 0.25) is 0 Å². The van der Waals surface area contributed by atoms with E-state index in [0.29, 0.717) is 11.4 Å². The van der Waals surface area contributed by atoms with Crippen molar-refractivity contribution in [2.24, 2.45) is 0 Å². The number of nitrogens with two attached hydrogens (primary N) is 1. The number of aromatic amines is 1. The van der Waals surface area contributed by atoms with Gasteiger partial charge in [-0.15, -0.1) is 0 Å². The van der Waals surface area contributed by atoms with E-state index in [2.05, 4.69) is 16.9 Å². The Bertz CT molecular complexity index is 611. The summed E-state index contributed by atoms with van der Waals surface area (Å²) in [4.78, 5) is 19.7. The summed E-state index contributed by atoms with van der Waals surface area (Å²) >= 11 is 0. The molecule has 1 aromatic carbocycles. The van der Waals surface area contributed by atoms with E-state index in [1.54, 1.807) is 0 Å². The van der Waals surface area contributed by atoms with Crippen molar-refractivity contribution in [3.8, 4) is 0 Å². The lowest BCUT2D eigenvalue weighted by Crippen LogP contribution is -2.47. The molecule has 1 aliphatic heterocycles. The van der Waals surface area contributed by atoms with Crippen molar-refractivity contribution in [1.82, 2.24) is 14.8 Å². The molecule has 3 rings (SSSR count). The molecule has 0 aliphatic carbocycles. The molecule has 1 fully saturated rings. The number of fused-ring (bicyclic) bond motifs is 1. The summed E-state index contributed by atoms with van der Waals surface area (Å²) in [5.41, 5.74) is 8.01. The molecule has 3 N–H and O–H groups in total. The number of benzene rings is 1. The van der Waals surface area contributed by atoms with Gasteiger partial charge in [0.2, 0.25) is 0 Å². The Morgan fingerprint density at radius 1 is 1.21 bits per heavy atom. The van der Waals surface area contributed by atoms with Gasteiger partial charge in [0.25, 0.3) is 5.91 Å². The quantitative estimate of drug-likeness (QED) is 0.754. The lowest BCUT2D eigenvalue weighted by atomic mass is 10.2. The van der Waals surface area contributed by atoms with Crippen molar-refractivity contribution in [2.75, 3.05) is 39.0 Å². The second-order valence-corrected chi connectivity index (χ2v) is 5.13. The number of aromatic nitrogens is 1. The highest BCUT2D eigenvalue weighted by Gasteiger charge is 2.21. The highest BCUT2D eigenvalue weighted by Crippen LogP contribution is 2.19. The highest BCUT2D eigenvalue weighted by molar-refractivity contribution is 5.98. The molecule has 0 unspecified atom stereocenters. The largest absolute Gasteiger partial charge is 0.399 e. The summed E-state index contributed by atoms with van der Waals surface area (Å²) in [6.45, 7) is 3.43. The second kappa shape index (κ2) is 4.59. The molecule has 0 spiro atoms. The monoisotopic (exact) mass is 258 g/mol. The van der Waals surface area contributed by atoms with Gasteiger partial charge >= 0.3 is 0 Å². The van der Waals surface area contributed by atoms with Gasteiger partial charge in [-0.2, -0.15) is 0 Å². The van der Waals surface area contributed by atoms with E-state index in [0.717, 1.165) is 37.1 Å². The first-order valence-electron chi connectivity index (χ1n) is 6.49. The topological polar surface area (TPSA) is 65.4 Å². The van der Waals surface area contributed by atoms with Gasteiger partial charge < -0.3 is 20.5 Å². The number of hydrogen-bond donors (Lipinski definition) is 2. The van der Waals surface area contributed by atoms with E-state index >= 15 is 0 Å². The molecule has 100 valence electrons. The van der Waals surface area contributed by atoms with E-state index in [4.69, 9.17) is 5.73 Å². The average Bonchev–Trinajstić information content (AvgIpc) is 2.81. The Hall–Kier alpha value is -2.01. The minimum atomic E-state index is 0.0721. The number of carbonyl (C=O) groups is 1. The molecule has 5 heteroatoms. The van der Waals surface area contributed by atoms with Gasteiger partial charge in [0, 0.05) is 42.8 Å². The molecular formula is C14H18N4O. The fraction of sp³-hybridized carbons (Fsp3) is 0.357. The van der Waals surface area contributed by atoms with Gasteiger partial charge in [-0.05, 0) is 25.2 Å². The molecule has 0 saturated carbocycles. The van der Waals surface area contributed by atoms with Crippen molar-refractivity contribution in [3.63, 3.8) is 0 Å². The Labute approximate surface area is 112 Å². The number of piperazine rings is 1. The van der Waals surface area contributed by atoms with Crippen molar-refractivity contribution in [2.45, 2.75) is 0 Å². The van der Waals surface area contributed by atoms with Gasteiger partial charge in [0.05, 0.1) is 0 Å². The first-order valence-corrected chi connectivity index (χ1v) is 6.49. The molecule has 5 nitrogen and oxygen atoms in total. The molecule has 0 atom stereocenters. The number of rotatable bonds is 1. The van der Waals surface area contributed by atoms with Crippen molar-refractivity contribution < 1.29 is 4.79 Å². The SMILES string of the molecule is CN1CCN(C(=O)c2cc3ccc(N)cc3[nH]2)CC1. The number of amides is 1. The third-order valence-electron chi connectivity index (χ3n) is 3.67. The van der Waals surface area contributed by atoms with Crippen LogP contribution in [-0.4, -0.2) is 53.9 Å². The third-order valence-corrected chi connectivity index (χ3v) is 3.67. The molecule has 2 aromatic rings. The molecule has 1 aliphatic rings. The number of carbonyl (C=O) groups excluding carboxylic acids is 1. The van der Waals surface area contributed by atoms with E-state index in [1.165, 1.54) is 0 Å². The van der Waals surface area contributed by atoms with Crippen LogP contribution in [0, 0.1) is 0 Å². The maximum absolute atomic E-state index is 12.4. The number of nitrogen functional groups attached to an aromatic ring is 1. The van der Waals surface area contributed by atoms with Crippen molar-refractivity contribution in [3.05, 3.63) is 30.0 Å². The first kappa shape index (κ1) is 12.0. The van der Waals surface area contributed by atoms with Crippen LogP contribution in [0.15, 0.2) is 24.3 Å². The Morgan fingerprint density at radius 3 is 2.68 bits per heavy atom. The van der Waals surface area contributed by atoms with Gasteiger partial charge in [0.15, 0.2) is 0 Å². The number of likely N-dealkylation sites (N-methyl/N-ethyl adjacent to an activating group) is 1. The zero-order valence-electron chi connectivity index (χ0n) is 11.0. The third kappa shape index (κ3) is 2.29. The zero-order chi connectivity index (χ0) is 13.4. The minimum Gasteiger partial charge on any atom is -0.399 e. The van der Waals surface area contributed by atoms with Crippen molar-refractivity contribution >= 4 is 22.5 Å². The Kier molecular flexibility index (Phi) is 2.91. The first-order chi connectivity index (χ1) is 9.13. The van der Waals surface area contributed by atoms with E-state index < -0.39 is 0 Å². The number of nitrogens with zero attached hydrogens (tertiary/aromatic N) is 2. The summed E-state index contributed by atoms with van der Waals surface area (Å²) in [6.07, 6.45) is 0. The van der Waals surface area contributed by atoms with Crippen LogP contribution in [0.25, 0.3) is 10.9 Å². The number of H-pyrrole nitrogens is 1.